The van der Waals surface area contributed by atoms with Gasteiger partial charge in [-0.05, 0) is 30.2 Å². The quantitative estimate of drug-likeness (QED) is 0.901. The van der Waals surface area contributed by atoms with Crippen molar-refractivity contribution >= 4 is 21.6 Å². The number of anilines is 1. The molecule has 1 N–H and O–H groups in total. The molecule has 2 aliphatic heterocycles. The average molecular weight is 341 g/mol. The summed E-state index contributed by atoms with van der Waals surface area (Å²) in [7, 11) is 0. The van der Waals surface area contributed by atoms with Gasteiger partial charge < -0.3 is 14.7 Å². The summed E-state index contributed by atoms with van der Waals surface area (Å²) in [6.07, 6.45) is 0.765. The number of hydrogen-bond donors (Lipinski definition) is 1. The number of benzene rings is 1. The first-order chi connectivity index (χ1) is 9.72. The number of β-amino-alcohol motifs (C(OH)–C–C–N with tert-alkyl or cyclic N) is 1. The molecular weight excluding hydrogens is 320 g/mol. The van der Waals surface area contributed by atoms with E-state index in [-0.39, 0.29) is 6.10 Å². The largest absolute Gasteiger partial charge is 0.390 e. The molecule has 0 spiro atoms. The SMILES string of the molecule is OC(CN1CCOCC1)CN1CCc2cc(Br)ccc21. The summed E-state index contributed by atoms with van der Waals surface area (Å²) in [5, 5.41) is 10.3. The van der Waals surface area contributed by atoms with Crippen molar-refractivity contribution in [3.8, 4) is 0 Å². The Morgan fingerprint density at radius 3 is 2.80 bits per heavy atom. The minimum Gasteiger partial charge on any atom is -0.390 e. The van der Waals surface area contributed by atoms with E-state index in [0.29, 0.717) is 6.54 Å². The molecule has 110 valence electrons. The van der Waals surface area contributed by atoms with Crippen molar-refractivity contribution < 1.29 is 9.84 Å². The van der Waals surface area contributed by atoms with Crippen LogP contribution in [0.15, 0.2) is 22.7 Å². The maximum absolute atomic E-state index is 10.3. The zero-order valence-electron chi connectivity index (χ0n) is 11.6. The molecule has 0 aromatic heterocycles. The molecule has 1 aromatic carbocycles. The molecule has 2 aliphatic rings. The van der Waals surface area contributed by atoms with Crippen LogP contribution in [-0.2, 0) is 11.2 Å². The smallest absolute Gasteiger partial charge is 0.0841 e. The molecule has 3 rings (SSSR count). The van der Waals surface area contributed by atoms with Crippen molar-refractivity contribution in [1.29, 1.82) is 0 Å². The van der Waals surface area contributed by atoms with Gasteiger partial charge >= 0.3 is 0 Å². The predicted molar refractivity (Wildman–Crippen MR) is 83.3 cm³/mol. The van der Waals surface area contributed by atoms with E-state index in [4.69, 9.17) is 4.74 Å². The van der Waals surface area contributed by atoms with E-state index < -0.39 is 0 Å². The van der Waals surface area contributed by atoms with Gasteiger partial charge in [0.05, 0.1) is 19.3 Å². The number of rotatable bonds is 4. The van der Waals surface area contributed by atoms with Crippen LogP contribution in [0.25, 0.3) is 0 Å². The number of morpholine rings is 1. The van der Waals surface area contributed by atoms with Gasteiger partial charge in [0.1, 0.15) is 0 Å². The van der Waals surface area contributed by atoms with E-state index in [1.807, 2.05) is 0 Å². The van der Waals surface area contributed by atoms with Gasteiger partial charge in [-0.15, -0.1) is 0 Å². The molecule has 0 aliphatic carbocycles. The summed E-state index contributed by atoms with van der Waals surface area (Å²) in [6.45, 7) is 5.89. The lowest BCUT2D eigenvalue weighted by atomic mass is 10.2. The number of fused-ring (bicyclic) bond motifs is 1. The molecule has 0 amide bonds. The zero-order chi connectivity index (χ0) is 13.9. The Balaban J connectivity index is 1.56. The summed E-state index contributed by atoms with van der Waals surface area (Å²) >= 11 is 3.52. The van der Waals surface area contributed by atoms with E-state index in [2.05, 4.69) is 43.9 Å². The van der Waals surface area contributed by atoms with Crippen molar-refractivity contribution in [2.45, 2.75) is 12.5 Å². The van der Waals surface area contributed by atoms with Crippen molar-refractivity contribution in [2.24, 2.45) is 0 Å². The summed E-state index contributed by atoms with van der Waals surface area (Å²) < 4.78 is 6.47. The van der Waals surface area contributed by atoms with Gasteiger partial charge in [-0.25, -0.2) is 0 Å². The maximum Gasteiger partial charge on any atom is 0.0841 e. The van der Waals surface area contributed by atoms with E-state index >= 15 is 0 Å². The number of aliphatic hydroxyl groups excluding tert-OH is 1. The topological polar surface area (TPSA) is 35.9 Å². The normalized spacial score (nSPS) is 21.0. The summed E-state index contributed by atoms with van der Waals surface area (Å²) in [5.41, 5.74) is 2.65. The Morgan fingerprint density at radius 1 is 1.20 bits per heavy atom. The summed E-state index contributed by atoms with van der Waals surface area (Å²) in [5.74, 6) is 0. The Hall–Kier alpha value is -0.620. The molecule has 1 atom stereocenters. The van der Waals surface area contributed by atoms with Crippen LogP contribution in [0.4, 0.5) is 5.69 Å². The first-order valence-electron chi connectivity index (χ1n) is 7.24. The lowest BCUT2D eigenvalue weighted by Gasteiger charge is -2.30. The summed E-state index contributed by atoms with van der Waals surface area (Å²) in [4.78, 5) is 4.58. The molecule has 0 bridgehead atoms. The minimum atomic E-state index is -0.303. The Labute approximate surface area is 128 Å². The van der Waals surface area contributed by atoms with Crippen molar-refractivity contribution in [3.05, 3.63) is 28.2 Å². The van der Waals surface area contributed by atoms with Crippen LogP contribution < -0.4 is 4.90 Å². The summed E-state index contributed by atoms with van der Waals surface area (Å²) in [6, 6.07) is 6.41. The standard InChI is InChI=1S/C15H21BrN2O2/c16-13-1-2-15-12(9-13)3-4-18(15)11-14(19)10-17-5-7-20-8-6-17/h1-2,9,14,19H,3-8,10-11H2. The molecule has 1 aromatic rings. The van der Waals surface area contributed by atoms with Crippen molar-refractivity contribution in [3.63, 3.8) is 0 Å². The van der Waals surface area contributed by atoms with Crippen LogP contribution in [0.5, 0.6) is 0 Å². The number of halogens is 1. The monoisotopic (exact) mass is 340 g/mol. The lowest BCUT2D eigenvalue weighted by molar-refractivity contribution is 0.0161. The molecule has 0 saturated carbocycles. The number of hydrogen-bond acceptors (Lipinski definition) is 4. The van der Waals surface area contributed by atoms with Gasteiger partial charge in [0.25, 0.3) is 0 Å². The molecular formula is C15H21BrN2O2. The highest BCUT2D eigenvalue weighted by Crippen LogP contribution is 2.30. The van der Waals surface area contributed by atoms with Gasteiger partial charge in [0.15, 0.2) is 0 Å². The molecule has 1 saturated heterocycles. The first-order valence-corrected chi connectivity index (χ1v) is 8.03. The number of aliphatic hydroxyl groups is 1. The van der Waals surface area contributed by atoms with E-state index in [9.17, 15) is 5.11 Å². The Bertz CT molecular complexity index is 463. The highest BCUT2D eigenvalue weighted by atomic mass is 79.9. The fourth-order valence-corrected chi connectivity index (χ4v) is 3.43. The minimum absolute atomic E-state index is 0.303. The van der Waals surface area contributed by atoms with Gasteiger partial charge in [-0.1, -0.05) is 15.9 Å². The highest BCUT2D eigenvalue weighted by Gasteiger charge is 2.23. The predicted octanol–water partition coefficient (Wildman–Crippen LogP) is 1.50. The average Bonchev–Trinajstić information content (AvgIpc) is 2.82. The van der Waals surface area contributed by atoms with Crippen LogP contribution in [0.3, 0.4) is 0 Å². The van der Waals surface area contributed by atoms with Crippen molar-refractivity contribution in [1.82, 2.24) is 4.90 Å². The van der Waals surface area contributed by atoms with Crippen LogP contribution in [-0.4, -0.2) is 62.0 Å². The lowest BCUT2D eigenvalue weighted by Crippen LogP contribution is -2.44. The maximum atomic E-state index is 10.3. The zero-order valence-corrected chi connectivity index (χ0v) is 13.2. The van der Waals surface area contributed by atoms with Gasteiger partial charge in [0, 0.05) is 42.9 Å². The van der Waals surface area contributed by atoms with Crippen LogP contribution in [0, 0.1) is 0 Å². The molecule has 0 radical (unpaired) electrons. The fourth-order valence-electron chi connectivity index (χ4n) is 3.02. The molecule has 2 heterocycles. The van der Waals surface area contributed by atoms with E-state index in [1.54, 1.807) is 0 Å². The third-order valence-electron chi connectivity index (χ3n) is 4.04. The third kappa shape index (κ3) is 3.34. The molecule has 1 fully saturated rings. The Morgan fingerprint density at radius 2 is 2.00 bits per heavy atom. The second-order valence-electron chi connectivity index (χ2n) is 5.54. The van der Waals surface area contributed by atoms with Crippen LogP contribution >= 0.6 is 15.9 Å². The van der Waals surface area contributed by atoms with Crippen LogP contribution in [0.2, 0.25) is 0 Å². The van der Waals surface area contributed by atoms with E-state index in [1.165, 1.54) is 11.3 Å². The molecule has 4 nitrogen and oxygen atoms in total. The molecule has 20 heavy (non-hydrogen) atoms. The Kier molecular flexibility index (Phi) is 4.61. The highest BCUT2D eigenvalue weighted by molar-refractivity contribution is 9.10. The first kappa shape index (κ1) is 14.3. The second-order valence-corrected chi connectivity index (χ2v) is 6.45. The van der Waals surface area contributed by atoms with Crippen molar-refractivity contribution in [2.75, 3.05) is 50.8 Å². The van der Waals surface area contributed by atoms with Crippen LogP contribution in [0.1, 0.15) is 5.56 Å². The van der Waals surface area contributed by atoms with Gasteiger partial charge in [-0.2, -0.15) is 0 Å². The third-order valence-corrected chi connectivity index (χ3v) is 4.53. The number of ether oxygens (including phenoxy) is 1. The van der Waals surface area contributed by atoms with E-state index in [0.717, 1.165) is 50.3 Å². The second kappa shape index (κ2) is 6.43. The van der Waals surface area contributed by atoms with Gasteiger partial charge in [-0.3, -0.25) is 4.90 Å². The fraction of sp³-hybridized carbons (Fsp3) is 0.600. The molecule has 5 heteroatoms. The van der Waals surface area contributed by atoms with Gasteiger partial charge in [0.2, 0.25) is 0 Å². The molecule has 1 unspecified atom stereocenters. The number of nitrogens with zero attached hydrogens (tertiary/aromatic N) is 2.